The zero-order valence-corrected chi connectivity index (χ0v) is 12.4. The van der Waals surface area contributed by atoms with Crippen LogP contribution in [0.4, 0.5) is 0 Å². The van der Waals surface area contributed by atoms with Gasteiger partial charge in [-0.25, -0.2) is 0 Å². The zero-order valence-electron chi connectivity index (χ0n) is 11.6. The predicted octanol–water partition coefficient (Wildman–Crippen LogP) is 2.38. The molecule has 0 aliphatic heterocycles. The van der Waals surface area contributed by atoms with E-state index in [0.717, 1.165) is 36.6 Å². The zero-order chi connectivity index (χ0) is 14.0. The summed E-state index contributed by atoms with van der Waals surface area (Å²) in [6.07, 6.45) is 2.54. The average molecular weight is 282 g/mol. The molecule has 1 unspecified atom stereocenters. The highest BCUT2D eigenvalue weighted by atomic mass is 35.5. The maximum atomic E-state index is 6.38. The highest BCUT2D eigenvalue weighted by molar-refractivity contribution is 6.31. The molecule has 0 saturated heterocycles. The molecular weight excluding hydrogens is 262 g/mol. The molecule has 0 aliphatic rings. The summed E-state index contributed by atoms with van der Waals surface area (Å²) >= 11 is 6.21. The van der Waals surface area contributed by atoms with Crippen LogP contribution < -0.4 is 5.73 Å². The van der Waals surface area contributed by atoms with Gasteiger partial charge in [0.05, 0.1) is 34.3 Å². The molecule has 0 amide bonds. The highest BCUT2D eigenvalue weighted by Gasteiger charge is 2.22. The number of nitrogens with two attached hydrogens (primary N) is 1. The summed E-state index contributed by atoms with van der Waals surface area (Å²) in [6.45, 7) is 7.70. The topological polar surface area (TPSA) is 61.7 Å². The Kier molecular flexibility index (Phi) is 4.27. The van der Waals surface area contributed by atoms with Gasteiger partial charge >= 0.3 is 0 Å². The van der Waals surface area contributed by atoms with Crippen LogP contribution in [0.3, 0.4) is 0 Å². The molecule has 0 spiro atoms. The fourth-order valence-electron chi connectivity index (χ4n) is 2.24. The SMILES string of the molecule is CCc1cc(C(N)c2c(Cl)cnn2CC)n(CC)n1. The van der Waals surface area contributed by atoms with Crippen LogP contribution >= 0.6 is 11.6 Å². The Hall–Kier alpha value is -1.33. The molecule has 2 aromatic heterocycles. The van der Waals surface area contributed by atoms with Gasteiger partial charge in [0.1, 0.15) is 0 Å². The summed E-state index contributed by atoms with van der Waals surface area (Å²) in [4.78, 5) is 0. The monoisotopic (exact) mass is 281 g/mol. The number of hydrogen-bond donors (Lipinski definition) is 1. The average Bonchev–Trinajstić information content (AvgIpc) is 3.00. The number of hydrogen-bond acceptors (Lipinski definition) is 3. The van der Waals surface area contributed by atoms with Gasteiger partial charge in [-0.1, -0.05) is 18.5 Å². The van der Waals surface area contributed by atoms with Crippen molar-refractivity contribution < 1.29 is 0 Å². The van der Waals surface area contributed by atoms with Crippen LogP contribution in [0.5, 0.6) is 0 Å². The Balaban J connectivity index is 2.45. The Labute approximate surface area is 118 Å². The summed E-state index contributed by atoms with van der Waals surface area (Å²) < 4.78 is 3.78. The van der Waals surface area contributed by atoms with Gasteiger partial charge in [0.2, 0.25) is 0 Å². The van der Waals surface area contributed by atoms with Gasteiger partial charge in [0.15, 0.2) is 0 Å². The van der Waals surface area contributed by atoms with Crippen molar-refractivity contribution in [3.63, 3.8) is 0 Å². The molecule has 0 aliphatic carbocycles. The number of aromatic nitrogens is 4. The normalized spacial score (nSPS) is 12.9. The first-order valence-corrected chi connectivity index (χ1v) is 7.03. The van der Waals surface area contributed by atoms with E-state index in [-0.39, 0.29) is 6.04 Å². The maximum absolute atomic E-state index is 6.38. The number of nitrogens with zero attached hydrogens (tertiary/aromatic N) is 4. The van der Waals surface area contributed by atoms with Crippen LogP contribution in [0.1, 0.15) is 43.9 Å². The van der Waals surface area contributed by atoms with Crippen molar-refractivity contribution in [3.05, 3.63) is 34.4 Å². The lowest BCUT2D eigenvalue weighted by atomic mass is 10.1. The van der Waals surface area contributed by atoms with Crippen LogP contribution in [0.15, 0.2) is 12.3 Å². The standard InChI is InChI=1S/C13H20ClN5/c1-4-9-7-11(18(5-2)17-9)12(15)13-10(14)8-16-19(13)6-3/h7-8,12H,4-6,15H2,1-3H3. The van der Waals surface area contributed by atoms with Crippen molar-refractivity contribution >= 4 is 11.6 Å². The van der Waals surface area contributed by atoms with Crippen LogP contribution in [0.2, 0.25) is 5.02 Å². The van der Waals surface area contributed by atoms with Crippen molar-refractivity contribution in [2.24, 2.45) is 5.73 Å². The molecule has 6 heteroatoms. The molecule has 0 fully saturated rings. The smallest absolute Gasteiger partial charge is 0.0909 e. The van der Waals surface area contributed by atoms with E-state index in [1.807, 2.05) is 16.3 Å². The molecule has 2 N–H and O–H groups in total. The van der Waals surface area contributed by atoms with Gasteiger partial charge in [-0.2, -0.15) is 10.2 Å². The lowest BCUT2D eigenvalue weighted by molar-refractivity contribution is 0.556. The second kappa shape index (κ2) is 5.75. The van der Waals surface area contributed by atoms with E-state index in [1.165, 1.54) is 0 Å². The molecule has 2 rings (SSSR count). The Morgan fingerprint density at radius 3 is 2.53 bits per heavy atom. The van der Waals surface area contributed by atoms with Crippen molar-refractivity contribution in [1.29, 1.82) is 0 Å². The van der Waals surface area contributed by atoms with E-state index in [1.54, 1.807) is 6.20 Å². The molecule has 1 atom stereocenters. The molecular formula is C13H20ClN5. The van der Waals surface area contributed by atoms with Crippen LogP contribution in [-0.4, -0.2) is 19.6 Å². The minimum Gasteiger partial charge on any atom is -0.318 e. The van der Waals surface area contributed by atoms with Crippen molar-refractivity contribution in [2.75, 3.05) is 0 Å². The first-order valence-electron chi connectivity index (χ1n) is 6.65. The van der Waals surface area contributed by atoms with Crippen molar-refractivity contribution in [1.82, 2.24) is 19.6 Å². The molecule has 0 aromatic carbocycles. The van der Waals surface area contributed by atoms with Gasteiger partial charge in [0, 0.05) is 13.1 Å². The predicted molar refractivity (Wildman–Crippen MR) is 76.2 cm³/mol. The van der Waals surface area contributed by atoms with E-state index in [0.29, 0.717) is 5.02 Å². The molecule has 0 radical (unpaired) electrons. The third kappa shape index (κ3) is 2.53. The molecule has 2 aromatic rings. The van der Waals surface area contributed by atoms with Gasteiger partial charge in [-0.15, -0.1) is 0 Å². The van der Waals surface area contributed by atoms with E-state index >= 15 is 0 Å². The second-order valence-corrected chi connectivity index (χ2v) is 4.81. The third-order valence-corrected chi connectivity index (χ3v) is 3.56. The first-order chi connectivity index (χ1) is 9.12. The number of halogens is 1. The van der Waals surface area contributed by atoms with Gasteiger partial charge in [-0.05, 0) is 26.3 Å². The molecule has 104 valence electrons. The minimum atomic E-state index is -0.303. The fourth-order valence-corrected chi connectivity index (χ4v) is 2.50. The summed E-state index contributed by atoms with van der Waals surface area (Å²) in [5.74, 6) is 0. The lowest BCUT2D eigenvalue weighted by Gasteiger charge is -2.15. The van der Waals surface area contributed by atoms with Gasteiger partial charge in [-0.3, -0.25) is 9.36 Å². The highest BCUT2D eigenvalue weighted by Crippen LogP contribution is 2.27. The minimum absolute atomic E-state index is 0.303. The van der Waals surface area contributed by atoms with E-state index in [4.69, 9.17) is 17.3 Å². The van der Waals surface area contributed by atoms with E-state index < -0.39 is 0 Å². The molecule has 2 heterocycles. The summed E-state index contributed by atoms with van der Waals surface area (Å²) in [6, 6.07) is 1.75. The molecule has 0 bridgehead atoms. The van der Waals surface area contributed by atoms with E-state index in [2.05, 4.69) is 30.1 Å². The van der Waals surface area contributed by atoms with Crippen LogP contribution in [0.25, 0.3) is 0 Å². The maximum Gasteiger partial charge on any atom is 0.0909 e. The van der Waals surface area contributed by atoms with Gasteiger partial charge < -0.3 is 5.73 Å². The van der Waals surface area contributed by atoms with Crippen molar-refractivity contribution in [3.8, 4) is 0 Å². The molecule has 19 heavy (non-hydrogen) atoms. The quantitative estimate of drug-likeness (QED) is 0.915. The van der Waals surface area contributed by atoms with Crippen LogP contribution in [0, 0.1) is 0 Å². The Bertz CT molecular complexity index is 557. The first kappa shape index (κ1) is 14.1. The lowest BCUT2D eigenvalue weighted by Crippen LogP contribution is -2.21. The largest absolute Gasteiger partial charge is 0.318 e. The van der Waals surface area contributed by atoms with Crippen LogP contribution in [-0.2, 0) is 19.5 Å². The molecule has 0 saturated carbocycles. The summed E-state index contributed by atoms with van der Waals surface area (Å²) in [5.41, 5.74) is 9.25. The summed E-state index contributed by atoms with van der Waals surface area (Å²) in [7, 11) is 0. The summed E-state index contributed by atoms with van der Waals surface area (Å²) in [5, 5.41) is 9.37. The number of aryl methyl sites for hydroxylation is 3. The fraction of sp³-hybridized carbons (Fsp3) is 0.538. The Morgan fingerprint density at radius 1 is 1.26 bits per heavy atom. The van der Waals surface area contributed by atoms with E-state index in [9.17, 15) is 0 Å². The van der Waals surface area contributed by atoms with Gasteiger partial charge in [0.25, 0.3) is 0 Å². The third-order valence-electron chi connectivity index (χ3n) is 3.27. The second-order valence-electron chi connectivity index (χ2n) is 4.40. The number of rotatable bonds is 5. The molecule has 5 nitrogen and oxygen atoms in total. The Morgan fingerprint density at radius 2 is 1.95 bits per heavy atom. The van der Waals surface area contributed by atoms with Crippen molar-refractivity contribution in [2.45, 2.75) is 46.3 Å².